The third-order valence-corrected chi connectivity index (χ3v) is 5.81. The zero-order valence-electron chi connectivity index (χ0n) is 15.6. The molecule has 146 valence electrons. The molecule has 2 aliphatic heterocycles. The fourth-order valence-electron chi connectivity index (χ4n) is 3.82. The molecule has 1 amide bonds. The first-order valence-corrected chi connectivity index (χ1v) is 10.6. The maximum atomic E-state index is 12.8. The molecule has 2 aliphatic rings. The molecule has 0 radical (unpaired) electrons. The standard InChI is InChI=1S/C20H21N3O4S/c1-28-12-17-21-14(10-18(25)22-17)19(26)23-8-6-20(7-9-23)11-15(24)13-4-2-3-5-16(13)27-20/h2-5,10H,6-9,11-12H2,1H3,(H,21,22,25). The van der Waals surface area contributed by atoms with Crippen molar-refractivity contribution in [1.82, 2.24) is 14.9 Å². The number of benzene rings is 1. The van der Waals surface area contributed by atoms with E-state index >= 15 is 0 Å². The van der Waals surface area contributed by atoms with Crippen LogP contribution in [-0.4, -0.2) is 51.5 Å². The Bertz CT molecular complexity index is 979. The molecule has 1 spiro atoms. The quantitative estimate of drug-likeness (QED) is 0.851. The number of likely N-dealkylation sites (tertiary alicyclic amines) is 1. The average molecular weight is 399 g/mol. The van der Waals surface area contributed by atoms with Crippen molar-refractivity contribution in [1.29, 1.82) is 0 Å². The first-order valence-electron chi connectivity index (χ1n) is 9.19. The smallest absolute Gasteiger partial charge is 0.272 e. The summed E-state index contributed by atoms with van der Waals surface area (Å²) in [5.41, 5.74) is -0.0996. The van der Waals surface area contributed by atoms with E-state index in [0.29, 0.717) is 55.2 Å². The van der Waals surface area contributed by atoms with Gasteiger partial charge in [0.25, 0.3) is 11.5 Å². The van der Waals surface area contributed by atoms with E-state index in [1.165, 1.54) is 17.8 Å². The molecule has 0 saturated carbocycles. The number of ether oxygens (including phenoxy) is 1. The highest BCUT2D eigenvalue weighted by molar-refractivity contribution is 7.97. The molecule has 0 aliphatic carbocycles. The van der Waals surface area contributed by atoms with Gasteiger partial charge in [0.2, 0.25) is 0 Å². The molecule has 3 heterocycles. The minimum absolute atomic E-state index is 0.0830. The van der Waals surface area contributed by atoms with Crippen LogP contribution in [0.4, 0.5) is 0 Å². The molecule has 0 atom stereocenters. The summed E-state index contributed by atoms with van der Waals surface area (Å²) >= 11 is 1.52. The highest BCUT2D eigenvalue weighted by atomic mass is 32.2. The van der Waals surface area contributed by atoms with E-state index in [4.69, 9.17) is 4.74 Å². The third-order valence-electron chi connectivity index (χ3n) is 5.25. The maximum Gasteiger partial charge on any atom is 0.272 e. The second-order valence-corrected chi connectivity index (χ2v) is 8.05. The van der Waals surface area contributed by atoms with Gasteiger partial charge in [-0.3, -0.25) is 14.4 Å². The van der Waals surface area contributed by atoms with E-state index in [1.807, 2.05) is 24.5 Å². The van der Waals surface area contributed by atoms with Crippen molar-refractivity contribution in [2.24, 2.45) is 0 Å². The minimum atomic E-state index is -0.562. The second-order valence-electron chi connectivity index (χ2n) is 7.18. The van der Waals surface area contributed by atoms with E-state index in [0.717, 1.165) is 0 Å². The molecule has 1 fully saturated rings. The number of nitrogens with zero attached hydrogens (tertiary/aromatic N) is 2. The van der Waals surface area contributed by atoms with Gasteiger partial charge >= 0.3 is 0 Å². The summed E-state index contributed by atoms with van der Waals surface area (Å²) in [6, 6.07) is 8.54. The average Bonchev–Trinajstić information content (AvgIpc) is 2.68. The lowest BCUT2D eigenvalue weighted by Gasteiger charge is -2.43. The summed E-state index contributed by atoms with van der Waals surface area (Å²) in [5, 5.41) is 0. The van der Waals surface area contributed by atoms with Gasteiger partial charge in [-0.05, 0) is 18.4 Å². The van der Waals surface area contributed by atoms with Gasteiger partial charge in [-0.25, -0.2) is 4.98 Å². The molecule has 0 unspecified atom stereocenters. The Balaban J connectivity index is 1.48. The van der Waals surface area contributed by atoms with Crippen molar-refractivity contribution in [3.8, 4) is 5.75 Å². The van der Waals surface area contributed by atoms with Gasteiger partial charge in [0.05, 0.1) is 17.7 Å². The predicted molar refractivity (Wildman–Crippen MR) is 106 cm³/mol. The topological polar surface area (TPSA) is 92.4 Å². The van der Waals surface area contributed by atoms with Crippen molar-refractivity contribution >= 4 is 23.5 Å². The highest BCUT2D eigenvalue weighted by Crippen LogP contribution is 2.39. The van der Waals surface area contributed by atoms with Gasteiger partial charge in [0, 0.05) is 32.0 Å². The molecule has 0 bridgehead atoms. The zero-order valence-corrected chi connectivity index (χ0v) is 16.4. The SMILES string of the molecule is CSCc1nc(C(=O)N2CCC3(CC2)CC(=O)c2ccccc2O3)cc(=O)[nH]1. The van der Waals surface area contributed by atoms with E-state index in [-0.39, 0.29) is 22.9 Å². The number of aromatic amines is 1. The van der Waals surface area contributed by atoms with Gasteiger partial charge in [-0.15, -0.1) is 0 Å². The third kappa shape index (κ3) is 3.56. The first-order chi connectivity index (χ1) is 13.5. The Kier molecular flexibility index (Phi) is 4.97. The van der Waals surface area contributed by atoms with Gasteiger partial charge < -0.3 is 14.6 Å². The van der Waals surface area contributed by atoms with Crippen LogP contribution in [0.5, 0.6) is 5.75 Å². The first kappa shape index (κ1) is 18.7. The number of aromatic nitrogens is 2. The van der Waals surface area contributed by atoms with Gasteiger partial charge in [-0.2, -0.15) is 11.8 Å². The molecule has 1 N–H and O–H groups in total. The molecular formula is C20H21N3O4S. The van der Waals surface area contributed by atoms with E-state index in [1.54, 1.807) is 11.0 Å². The fraction of sp³-hybridized carbons (Fsp3) is 0.400. The molecule has 1 aromatic carbocycles. The van der Waals surface area contributed by atoms with Crippen molar-refractivity contribution in [3.63, 3.8) is 0 Å². The van der Waals surface area contributed by atoms with Crippen LogP contribution in [0.25, 0.3) is 0 Å². The lowest BCUT2D eigenvalue weighted by molar-refractivity contribution is -0.00586. The Labute approximate surface area is 166 Å². The summed E-state index contributed by atoms with van der Waals surface area (Å²) in [6.45, 7) is 0.918. The number of Topliss-reactive ketones (excluding diaryl/α,β-unsaturated/α-hetero) is 1. The lowest BCUT2D eigenvalue weighted by atomic mass is 9.82. The van der Waals surface area contributed by atoms with Gasteiger partial charge in [0.15, 0.2) is 5.78 Å². The van der Waals surface area contributed by atoms with E-state index in [9.17, 15) is 14.4 Å². The predicted octanol–water partition coefficient (Wildman–Crippen LogP) is 2.27. The fourth-order valence-corrected chi connectivity index (χ4v) is 4.23. The maximum absolute atomic E-state index is 12.8. The number of rotatable bonds is 3. The summed E-state index contributed by atoms with van der Waals surface area (Å²) in [6.07, 6.45) is 3.37. The molecule has 4 rings (SSSR count). The number of para-hydroxylation sites is 1. The number of fused-ring (bicyclic) bond motifs is 1. The lowest BCUT2D eigenvalue weighted by Crippen LogP contribution is -2.52. The molecule has 7 nitrogen and oxygen atoms in total. The van der Waals surface area contributed by atoms with Crippen LogP contribution < -0.4 is 10.3 Å². The number of carbonyl (C=O) groups excluding carboxylic acids is 2. The molecule has 28 heavy (non-hydrogen) atoms. The summed E-state index contributed by atoms with van der Waals surface area (Å²) < 4.78 is 6.20. The van der Waals surface area contributed by atoms with Crippen molar-refractivity contribution in [3.05, 3.63) is 57.8 Å². The van der Waals surface area contributed by atoms with Crippen LogP contribution in [0.15, 0.2) is 35.1 Å². The van der Waals surface area contributed by atoms with Gasteiger partial charge in [-0.1, -0.05) is 12.1 Å². The Hall–Kier alpha value is -2.61. The number of hydrogen-bond acceptors (Lipinski definition) is 6. The minimum Gasteiger partial charge on any atom is -0.486 e. The number of piperidine rings is 1. The molecule has 8 heteroatoms. The van der Waals surface area contributed by atoms with Crippen LogP contribution in [0.3, 0.4) is 0 Å². The normalized spacial score (nSPS) is 17.9. The van der Waals surface area contributed by atoms with Crippen molar-refractivity contribution in [2.75, 3.05) is 19.3 Å². The largest absolute Gasteiger partial charge is 0.486 e. The zero-order chi connectivity index (χ0) is 19.7. The molecule has 1 aromatic heterocycles. The van der Waals surface area contributed by atoms with Gasteiger partial charge in [0.1, 0.15) is 22.9 Å². The number of H-pyrrole nitrogens is 1. The van der Waals surface area contributed by atoms with Crippen LogP contribution in [0.1, 0.15) is 45.9 Å². The van der Waals surface area contributed by atoms with Crippen LogP contribution in [-0.2, 0) is 5.75 Å². The van der Waals surface area contributed by atoms with Crippen molar-refractivity contribution < 1.29 is 14.3 Å². The number of hydrogen-bond donors (Lipinski definition) is 1. The van der Waals surface area contributed by atoms with Crippen LogP contribution >= 0.6 is 11.8 Å². The number of thioether (sulfide) groups is 1. The monoisotopic (exact) mass is 399 g/mol. The Morgan fingerprint density at radius 3 is 2.79 bits per heavy atom. The Morgan fingerprint density at radius 1 is 1.29 bits per heavy atom. The number of amides is 1. The number of carbonyl (C=O) groups is 2. The van der Waals surface area contributed by atoms with E-state index < -0.39 is 5.60 Å². The molecule has 2 aromatic rings. The highest BCUT2D eigenvalue weighted by Gasteiger charge is 2.43. The molecular weight excluding hydrogens is 378 g/mol. The van der Waals surface area contributed by atoms with Crippen molar-refractivity contribution in [2.45, 2.75) is 30.6 Å². The Morgan fingerprint density at radius 2 is 2.04 bits per heavy atom. The van der Waals surface area contributed by atoms with E-state index in [2.05, 4.69) is 9.97 Å². The van der Waals surface area contributed by atoms with Crippen LogP contribution in [0, 0.1) is 0 Å². The number of nitrogens with one attached hydrogen (secondary N) is 1. The summed E-state index contributed by atoms with van der Waals surface area (Å²) in [4.78, 5) is 45.8. The summed E-state index contributed by atoms with van der Waals surface area (Å²) in [5.74, 6) is 1.48. The molecule has 1 saturated heterocycles. The summed E-state index contributed by atoms with van der Waals surface area (Å²) in [7, 11) is 0. The second kappa shape index (κ2) is 7.43. The van der Waals surface area contributed by atoms with Crippen LogP contribution in [0.2, 0.25) is 0 Å². The number of ketones is 1.